The summed E-state index contributed by atoms with van der Waals surface area (Å²) in [5.74, 6) is 0. The first kappa shape index (κ1) is 29.0. The molecule has 50 heavy (non-hydrogen) atoms. The maximum Gasteiger partial charge on any atom is 0.0933 e. The van der Waals surface area contributed by atoms with Gasteiger partial charge in [0.05, 0.1) is 38.7 Å². The van der Waals surface area contributed by atoms with Crippen molar-refractivity contribution in [3.8, 4) is 33.6 Å². The van der Waals surface area contributed by atoms with E-state index in [4.69, 9.17) is 15.0 Å². The highest BCUT2D eigenvalue weighted by molar-refractivity contribution is 7.26. The highest BCUT2D eigenvalue weighted by Crippen LogP contribution is 2.45. The van der Waals surface area contributed by atoms with Crippen LogP contribution >= 0.6 is 11.3 Å². The van der Waals surface area contributed by atoms with Gasteiger partial charge in [-0.1, -0.05) is 153 Å². The van der Waals surface area contributed by atoms with E-state index in [0.717, 1.165) is 73.8 Å². The number of benzene rings is 5. The lowest BCUT2D eigenvalue weighted by Gasteiger charge is -2.34. The molecule has 0 fully saturated rings. The molecule has 1 aliphatic carbocycles. The van der Waals surface area contributed by atoms with Crippen LogP contribution in [0.15, 0.2) is 157 Å². The van der Waals surface area contributed by atoms with Crippen LogP contribution in [0.3, 0.4) is 0 Å². The topological polar surface area (TPSA) is 38.1 Å². The number of allylic oxidation sites excluding steroid dienone is 2. The Bertz CT molecular complexity index is 2720. The van der Waals surface area contributed by atoms with Gasteiger partial charge in [0, 0.05) is 48.5 Å². The molecule has 8 aromatic rings. The quantitative estimate of drug-likeness (QED) is 0.189. The third-order valence-electron chi connectivity index (χ3n) is 10.2. The predicted molar refractivity (Wildman–Crippen MR) is 211 cm³/mol. The van der Waals surface area contributed by atoms with Crippen molar-refractivity contribution < 1.29 is 0 Å². The van der Waals surface area contributed by atoms with Gasteiger partial charge in [-0.3, -0.25) is 0 Å². The van der Waals surface area contributed by atoms with Crippen molar-refractivity contribution in [3.05, 3.63) is 168 Å². The zero-order valence-corrected chi connectivity index (χ0v) is 28.3. The second-order valence-electron chi connectivity index (χ2n) is 13.4. The third-order valence-corrected chi connectivity index (χ3v) is 11.4. The molecule has 0 spiro atoms. The smallest absolute Gasteiger partial charge is 0.0933 e. The second kappa shape index (κ2) is 11.3. The third kappa shape index (κ3) is 4.60. The van der Waals surface area contributed by atoms with E-state index in [1.807, 2.05) is 17.4 Å². The first-order valence-electron chi connectivity index (χ1n) is 17.1. The summed E-state index contributed by atoms with van der Waals surface area (Å²) in [6, 6.07) is 49.4. The molecule has 4 heterocycles. The van der Waals surface area contributed by atoms with E-state index in [1.54, 1.807) is 0 Å². The molecule has 1 atom stereocenters. The van der Waals surface area contributed by atoms with E-state index in [0.29, 0.717) is 0 Å². The van der Waals surface area contributed by atoms with E-state index in [9.17, 15) is 0 Å². The number of rotatable bonds is 4. The van der Waals surface area contributed by atoms with Gasteiger partial charge >= 0.3 is 0 Å². The highest BCUT2D eigenvalue weighted by Gasteiger charge is 2.36. The fourth-order valence-electron chi connectivity index (χ4n) is 7.54. The Balaban J connectivity index is 1.07. The molecule has 10 rings (SSSR count). The predicted octanol–water partition coefficient (Wildman–Crippen LogP) is 12.3. The van der Waals surface area contributed by atoms with E-state index < -0.39 is 0 Å². The largest absolute Gasteiger partial charge is 0.250 e. The zero-order chi connectivity index (χ0) is 33.2. The minimum absolute atomic E-state index is 0.193. The van der Waals surface area contributed by atoms with Gasteiger partial charge in [0.25, 0.3) is 0 Å². The van der Waals surface area contributed by atoms with Gasteiger partial charge in [-0.25, -0.2) is 15.0 Å². The second-order valence-corrected chi connectivity index (χ2v) is 14.5. The lowest BCUT2D eigenvalue weighted by Crippen LogP contribution is -2.32. The van der Waals surface area contributed by atoms with Gasteiger partial charge in [-0.15, -0.1) is 11.3 Å². The van der Waals surface area contributed by atoms with Crippen molar-refractivity contribution >= 4 is 59.9 Å². The van der Waals surface area contributed by atoms with Crippen LogP contribution in [0.2, 0.25) is 0 Å². The molecular formula is C46H31N3S. The summed E-state index contributed by atoms with van der Waals surface area (Å²) in [4.78, 5) is 15.9. The summed E-state index contributed by atoms with van der Waals surface area (Å²) in [6.45, 7) is 2.27. The zero-order valence-electron chi connectivity index (χ0n) is 27.5. The monoisotopic (exact) mass is 657 g/mol. The average molecular weight is 658 g/mol. The minimum atomic E-state index is -0.193. The molecule has 236 valence electrons. The number of para-hydroxylation sites is 1. The number of pyridine rings is 2. The number of hydrogen-bond donors (Lipinski definition) is 0. The van der Waals surface area contributed by atoms with Crippen LogP contribution in [0.5, 0.6) is 0 Å². The Morgan fingerprint density at radius 1 is 0.600 bits per heavy atom. The first-order valence-corrected chi connectivity index (χ1v) is 17.9. The molecule has 3 aromatic heterocycles. The van der Waals surface area contributed by atoms with Gasteiger partial charge in [0.15, 0.2) is 0 Å². The molecule has 0 saturated heterocycles. The highest BCUT2D eigenvalue weighted by atomic mass is 32.1. The van der Waals surface area contributed by atoms with Gasteiger partial charge < -0.3 is 0 Å². The summed E-state index contributed by atoms with van der Waals surface area (Å²) in [6.07, 6.45) is 7.65. The van der Waals surface area contributed by atoms with Crippen molar-refractivity contribution in [1.29, 1.82) is 0 Å². The van der Waals surface area contributed by atoms with Crippen LogP contribution < -0.4 is 0 Å². The van der Waals surface area contributed by atoms with E-state index in [1.165, 1.54) is 25.6 Å². The molecule has 1 aliphatic heterocycles. The molecule has 5 aromatic carbocycles. The molecule has 2 aliphatic rings. The Labute approximate surface area is 294 Å². The Hall–Kier alpha value is -5.97. The van der Waals surface area contributed by atoms with Gasteiger partial charge in [0.2, 0.25) is 0 Å². The minimum Gasteiger partial charge on any atom is -0.250 e. The molecule has 1 unspecified atom stereocenters. The number of fused-ring (bicyclic) bond motifs is 8. The molecule has 0 radical (unpaired) electrons. The number of aliphatic imine (C=N–C) groups is 1. The molecule has 0 saturated carbocycles. The Kier molecular flexibility index (Phi) is 6.55. The summed E-state index contributed by atoms with van der Waals surface area (Å²) < 4.78 is 2.52. The summed E-state index contributed by atoms with van der Waals surface area (Å²) in [5.41, 5.74) is 12.6. The molecule has 4 heteroatoms. The molecule has 3 nitrogen and oxygen atoms in total. The van der Waals surface area contributed by atoms with E-state index >= 15 is 0 Å². The SMILES string of the molecule is CC12C=Cc3ccc(-c4ccccc4)nc3C1=NC(c1ccc(-c3cccc4c3nc(-c3ccccc3)c3sc5ccccc5c34)cc1)=CC2. The van der Waals surface area contributed by atoms with Crippen molar-refractivity contribution in [3.63, 3.8) is 0 Å². The number of aromatic nitrogens is 2. The summed E-state index contributed by atoms with van der Waals surface area (Å²) in [7, 11) is 0. The van der Waals surface area contributed by atoms with Crippen LogP contribution in [-0.2, 0) is 0 Å². The first-order chi connectivity index (χ1) is 24.6. The number of hydrogen-bond acceptors (Lipinski definition) is 4. The Morgan fingerprint density at radius 3 is 2.14 bits per heavy atom. The fraction of sp³-hybridized carbons (Fsp3) is 0.0652. The van der Waals surface area contributed by atoms with E-state index in [2.05, 4.69) is 159 Å². The normalized spacial score (nSPS) is 16.7. The number of nitrogens with zero attached hydrogens (tertiary/aromatic N) is 3. The average Bonchev–Trinajstić information content (AvgIpc) is 3.58. The molecule has 0 N–H and O–H groups in total. The van der Waals surface area contributed by atoms with Crippen LogP contribution in [0, 0.1) is 5.41 Å². The molecule has 0 bridgehead atoms. The van der Waals surface area contributed by atoms with Gasteiger partial charge in [-0.05, 0) is 29.7 Å². The molecular weight excluding hydrogens is 627 g/mol. The van der Waals surface area contributed by atoms with Gasteiger partial charge in [-0.2, -0.15) is 0 Å². The lowest BCUT2D eigenvalue weighted by molar-refractivity contribution is 0.600. The van der Waals surface area contributed by atoms with Crippen LogP contribution in [0.4, 0.5) is 0 Å². The van der Waals surface area contributed by atoms with Gasteiger partial charge in [0.1, 0.15) is 0 Å². The summed E-state index contributed by atoms with van der Waals surface area (Å²) >= 11 is 1.83. The maximum absolute atomic E-state index is 5.42. The fourth-order valence-corrected chi connectivity index (χ4v) is 8.77. The van der Waals surface area contributed by atoms with Crippen LogP contribution in [-0.4, -0.2) is 15.7 Å². The van der Waals surface area contributed by atoms with Crippen molar-refractivity contribution in [2.75, 3.05) is 0 Å². The van der Waals surface area contributed by atoms with Crippen LogP contribution in [0.1, 0.15) is 30.2 Å². The van der Waals surface area contributed by atoms with Crippen molar-refractivity contribution in [2.45, 2.75) is 13.3 Å². The Morgan fingerprint density at radius 2 is 1.32 bits per heavy atom. The standard InChI is InChI=1S/C46H31N3S/c1-46-27-25-33-23-24-37(30-11-4-2-5-12-30)47-42(33)45(46)48-38(26-28-46)31-21-19-29(20-22-31)34-16-10-17-36-40-35-15-8-9-18-39(35)50-44(40)41(49-43(34)36)32-13-6-3-7-14-32/h2-27H,28H2,1H3. The summed E-state index contributed by atoms with van der Waals surface area (Å²) in [5, 5.41) is 3.75. The maximum atomic E-state index is 5.42. The van der Waals surface area contributed by atoms with Crippen molar-refractivity contribution in [1.82, 2.24) is 9.97 Å². The van der Waals surface area contributed by atoms with Crippen molar-refractivity contribution in [2.24, 2.45) is 10.4 Å². The molecule has 0 amide bonds. The van der Waals surface area contributed by atoms with Crippen LogP contribution in [0.25, 0.3) is 76.5 Å². The lowest BCUT2D eigenvalue weighted by atomic mass is 9.73. The number of thiophene rings is 1. The van der Waals surface area contributed by atoms with E-state index in [-0.39, 0.29) is 5.41 Å².